The molecule has 0 saturated carbocycles. The minimum atomic E-state index is -0.540. The van der Waals surface area contributed by atoms with Gasteiger partial charge in [-0.2, -0.15) is 0 Å². The van der Waals surface area contributed by atoms with Crippen LogP contribution in [0.25, 0.3) is 0 Å². The van der Waals surface area contributed by atoms with E-state index in [1.807, 2.05) is 0 Å². The SMILES string of the molecule is NC(=O)c1ccccc1NC(=S)Nc1cccc(Cl)c1Cl. The van der Waals surface area contributed by atoms with E-state index in [4.69, 9.17) is 41.2 Å². The van der Waals surface area contributed by atoms with Gasteiger partial charge in [0.05, 0.1) is 27.0 Å². The molecule has 0 aliphatic carbocycles. The Hall–Kier alpha value is -1.82. The lowest BCUT2D eigenvalue weighted by molar-refractivity contribution is 0.100. The highest BCUT2D eigenvalue weighted by atomic mass is 35.5. The van der Waals surface area contributed by atoms with Crippen molar-refractivity contribution in [2.45, 2.75) is 0 Å². The first kappa shape index (κ1) is 15.6. The molecular formula is C14H11Cl2N3OS. The molecule has 0 heterocycles. The molecular weight excluding hydrogens is 329 g/mol. The van der Waals surface area contributed by atoms with E-state index in [-0.39, 0.29) is 5.11 Å². The van der Waals surface area contributed by atoms with Crippen molar-refractivity contribution in [3.63, 3.8) is 0 Å². The Morgan fingerprint density at radius 3 is 2.33 bits per heavy atom. The minimum absolute atomic E-state index is 0.271. The van der Waals surface area contributed by atoms with Gasteiger partial charge in [-0.1, -0.05) is 41.4 Å². The number of para-hydroxylation sites is 1. The first-order valence-electron chi connectivity index (χ1n) is 5.90. The van der Waals surface area contributed by atoms with E-state index in [0.29, 0.717) is 27.0 Å². The Bertz CT molecular complexity index is 706. The summed E-state index contributed by atoms with van der Waals surface area (Å²) >= 11 is 17.2. The molecule has 7 heteroatoms. The summed E-state index contributed by atoms with van der Waals surface area (Å²) in [5.74, 6) is -0.540. The van der Waals surface area contributed by atoms with Crippen molar-refractivity contribution in [3.05, 3.63) is 58.1 Å². The van der Waals surface area contributed by atoms with Crippen LogP contribution >= 0.6 is 35.4 Å². The van der Waals surface area contributed by atoms with Gasteiger partial charge in [0.2, 0.25) is 0 Å². The minimum Gasteiger partial charge on any atom is -0.366 e. The molecule has 1 amide bonds. The van der Waals surface area contributed by atoms with Crippen molar-refractivity contribution < 1.29 is 4.79 Å². The Morgan fingerprint density at radius 2 is 1.62 bits per heavy atom. The molecule has 2 aromatic carbocycles. The molecule has 0 radical (unpaired) electrons. The van der Waals surface area contributed by atoms with Crippen LogP contribution in [0.4, 0.5) is 11.4 Å². The third kappa shape index (κ3) is 3.85. The van der Waals surface area contributed by atoms with Crippen molar-refractivity contribution in [2.75, 3.05) is 10.6 Å². The molecule has 0 aliphatic rings. The summed E-state index contributed by atoms with van der Waals surface area (Å²) in [5.41, 5.74) is 6.73. The van der Waals surface area contributed by atoms with Crippen LogP contribution in [0.5, 0.6) is 0 Å². The number of nitrogens with two attached hydrogens (primary N) is 1. The van der Waals surface area contributed by atoms with Gasteiger partial charge >= 0.3 is 0 Å². The first-order chi connectivity index (χ1) is 9.99. The van der Waals surface area contributed by atoms with Gasteiger partial charge < -0.3 is 16.4 Å². The molecule has 21 heavy (non-hydrogen) atoms. The van der Waals surface area contributed by atoms with Crippen molar-refractivity contribution >= 4 is 57.8 Å². The summed E-state index contributed by atoms with van der Waals surface area (Å²) in [6.45, 7) is 0. The van der Waals surface area contributed by atoms with E-state index in [0.717, 1.165) is 0 Å². The van der Waals surface area contributed by atoms with E-state index < -0.39 is 5.91 Å². The third-order valence-electron chi connectivity index (χ3n) is 2.64. The molecule has 108 valence electrons. The summed E-state index contributed by atoms with van der Waals surface area (Å²) in [4.78, 5) is 11.3. The van der Waals surface area contributed by atoms with Crippen LogP contribution in [-0.2, 0) is 0 Å². The maximum Gasteiger partial charge on any atom is 0.250 e. The number of amides is 1. The zero-order valence-corrected chi connectivity index (χ0v) is 13.0. The lowest BCUT2D eigenvalue weighted by Crippen LogP contribution is -2.22. The second-order valence-corrected chi connectivity index (χ2v) is 5.28. The maximum absolute atomic E-state index is 11.3. The third-order valence-corrected chi connectivity index (χ3v) is 3.66. The summed E-state index contributed by atoms with van der Waals surface area (Å²) in [7, 11) is 0. The molecule has 0 spiro atoms. The van der Waals surface area contributed by atoms with Crippen LogP contribution in [0.2, 0.25) is 10.0 Å². The highest BCUT2D eigenvalue weighted by Crippen LogP contribution is 2.29. The zero-order chi connectivity index (χ0) is 15.4. The van der Waals surface area contributed by atoms with Gasteiger partial charge in [0.1, 0.15) is 0 Å². The number of anilines is 2. The van der Waals surface area contributed by atoms with Crippen LogP contribution in [0, 0.1) is 0 Å². The van der Waals surface area contributed by atoms with Crippen molar-refractivity contribution in [1.82, 2.24) is 0 Å². The molecule has 2 rings (SSSR count). The molecule has 0 saturated heterocycles. The van der Waals surface area contributed by atoms with Crippen LogP contribution in [0.15, 0.2) is 42.5 Å². The topological polar surface area (TPSA) is 67.2 Å². The number of benzene rings is 2. The van der Waals surface area contributed by atoms with Crippen LogP contribution < -0.4 is 16.4 Å². The normalized spacial score (nSPS) is 10.0. The summed E-state index contributed by atoms with van der Waals surface area (Å²) in [5, 5.41) is 6.88. The second kappa shape index (κ2) is 6.76. The maximum atomic E-state index is 11.3. The number of halogens is 2. The summed E-state index contributed by atoms with van der Waals surface area (Å²) in [6, 6.07) is 12.0. The summed E-state index contributed by atoms with van der Waals surface area (Å²) in [6.07, 6.45) is 0. The fourth-order valence-electron chi connectivity index (χ4n) is 1.68. The highest BCUT2D eigenvalue weighted by Gasteiger charge is 2.10. The number of thiocarbonyl (C=S) groups is 1. The quantitative estimate of drug-likeness (QED) is 0.742. The Kier molecular flexibility index (Phi) is 5.01. The van der Waals surface area contributed by atoms with Crippen molar-refractivity contribution in [3.8, 4) is 0 Å². The van der Waals surface area contributed by atoms with Gasteiger partial charge in [-0.25, -0.2) is 0 Å². The number of rotatable bonds is 3. The van der Waals surface area contributed by atoms with E-state index in [9.17, 15) is 4.79 Å². The molecule has 0 atom stereocenters. The standard InChI is InChI=1S/C14H11Cl2N3OS/c15-9-5-3-7-11(12(9)16)19-14(21)18-10-6-2-1-4-8(10)13(17)20/h1-7H,(H2,17,20)(H2,18,19,21). The van der Waals surface area contributed by atoms with E-state index in [1.54, 1.807) is 42.5 Å². The van der Waals surface area contributed by atoms with Crippen LogP contribution in [0.1, 0.15) is 10.4 Å². The Labute approximate surface area is 137 Å². The van der Waals surface area contributed by atoms with Gasteiger partial charge in [0.15, 0.2) is 5.11 Å². The smallest absolute Gasteiger partial charge is 0.250 e. The molecule has 0 fully saturated rings. The van der Waals surface area contributed by atoms with Crippen LogP contribution in [-0.4, -0.2) is 11.0 Å². The van der Waals surface area contributed by atoms with Crippen molar-refractivity contribution in [2.24, 2.45) is 5.73 Å². The van der Waals surface area contributed by atoms with E-state index in [1.165, 1.54) is 0 Å². The monoisotopic (exact) mass is 339 g/mol. The highest BCUT2D eigenvalue weighted by molar-refractivity contribution is 7.80. The second-order valence-electron chi connectivity index (χ2n) is 4.09. The molecule has 2 aromatic rings. The van der Waals surface area contributed by atoms with Gasteiger partial charge in [-0.15, -0.1) is 0 Å². The lowest BCUT2D eigenvalue weighted by Gasteiger charge is -2.14. The predicted octanol–water partition coefficient (Wildman–Crippen LogP) is 3.90. The number of primary amides is 1. The molecule has 0 unspecified atom stereocenters. The lowest BCUT2D eigenvalue weighted by atomic mass is 10.1. The van der Waals surface area contributed by atoms with E-state index in [2.05, 4.69) is 10.6 Å². The summed E-state index contributed by atoms with van der Waals surface area (Å²) < 4.78 is 0. The van der Waals surface area contributed by atoms with Gasteiger partial charge in [-0.05, 0) is 36.5 Å². The molecule has 0 aliphatic heterocycles. The molecule has 0 aromatic heterocycles. The zero-order valence-electron chi connectivity index (χ0n) is 10.7. The Balaban J connectivity index is 2.16. The number of carbonyl (C=O) groups excluding carboxylic acids is 1. The van der Waals surface area contributed by atoms with Gasteiger partial charge in [-0.3, -0.25) is 4.79 Å². The van der Waals surface area contributed by atoms with Gasteiger partial charge in [0, 0.05) is 0 Å². The van der Waals surface area contributed by atoms with Crippen molar-refractivity contribution in [1.29, 1.82) is 0 Å². The average Bonchev–Trinajstić information content (AvgIpc) is 2.44. The molecule has 4 N–H and O–H groups in total. The first-order valence-corrected chi connectivity index (χ1v) is 7.06. The Morgan fingerprint density at radius 1 is 1.00 bits per heavy atom. The van der Waals surface area contributed by atoms with Crippen LogP contribution in [0.3, 0.4) is 0 Å². The number of carbonyl (C=O) groups is 1. The molecule has 0 bridgehead atoms. The average molecular weight is 340 g/mol. The van der Waals surface area contributed by atoms with E-state index >= 15 is 0 Å². The molecule has 4 nitrogen and oxygen atoms in total. The fourth-order valence-corrected chi connectivity index (χ4v) is 2.25. The number of nitrogens with one attached hydrogen (secondary N) is 2. The van der Waals surface area contributed by atoms with Gasteiger partial charge in [0.25, 0.3) is 5.91 Å². The number of hydrogen-bond donors (Lipinski definition) is 3. The predicted molar refractivity (Wildman–Crippen MR) is 91.3 cm³/mol. The number of hydrogen-bond acceptors (Lipinski definition) is 2. The fraction of sp³-hybridized carbons (Fsp3) is 0. The largest absolute Gasteiger partial charge is 0.366 e.